The van der Waals surface area contributed by atoms with Crippen molar-refractivity contribution in [1.82, 2.24) is 9.55 Å². The molecule has 0 fully saturated rings. The third kappa shape index (κ3) is 2.18. The minimum atomic E-state index is 1.02. The van der Waals surface area contributed by atoms with Gasteiger partial charge in [-0.15, -0.1) is 0 Å². The van der Waals surface area contributed by atoms with Gasteiger partial charge in [0.15, 0.2) is 0 Å². The second-order valence-electron chi connectivity index (χ2n) is 4.90. The maximum Gasteiger partial charge on any atom is 0.100 e. The Bertz CT molecular complexity index is 785. The largest absolute Gasteiger partial charge is 0.298 e. The van der Waals surface area contributed by atoms with Gasteiger partial charge < -0.3 is 0 Å². The Balaban J connectivity index is 2.21. The molecule has 2 aromatic carbocycles. The van der Waals surface area contributed by atoms with Crippen molar-refractivity contribution in [3.63, 3.8) is 0 Å². The topological polar surface area (TPSA) is 17.8 Å². The van der Waals surface area contributed by atoms with Gasteiger partial charge in [-0.2, -0.15) is 0 Å². The first-order valence-electron chi connectivity index (χ1n) is 6.51. The summed E-state index contributed by atoms with van der Waals surface area (Å²) in [4.78, 5) is 6.46. The van der Waals surface area contributed by atoms with Crippen LogP contribution in [0.3, 0.4) is 0 Å². The van der Waals surface area contributed by atoms with Crippen molar-refractivity contribution in [2.45, 2.75) is 13.8 Å². The number of hydrogen-bond donors (Lipinski definition) is 0. The van der Waals surface area contributed by atoms with Crippen molar-refractivity contribution in [2.24, 2.45) is 0 Å². The normalized spacial score (nSPS) is 12.1. The van der Waals surface area contributed by atoms with E-state index in [1.54, 1.807) is 0 Å². The summed E-state index contributed by atoms with van der Waals surface area (Å²) < 4.78 is 2.12. The number of fused-ring (bicyclic) bond motifs is 1. The van der Waals surface area contributed by atoms with Crippen LogP contribution in [-0.4, -0.2) is 9.55 Å². The Morgan fingerprint density at radius 2 is 1.80 bits per heavy atom. The Morgan fingerprint density at radius 1 is 1.10 bits per heavy atom. The predicted molar refractivity (Wildman–Crippen MR) is 88.0 cm³/mol. The number of benzene rings is 2. The van der Waals surface area contributed by atoms with Crippen LogP contribution in [0.4, 0.5) is 0 Å². The number of halogens is 1. The Labute approximate surface area is 126 Å². The molecule has 2 nitrogen and oxygen atoms in total. The maximum atomic E-state index is 4.52. The number of aromatic nitrogens is 2. The zero-order chi connectivity index (χ0) is 14.1. The highest BCUT2D eigenvalue weighted by Gasteiger charge is 2.09. The van der Waals surface area contributed by atoms with E-state index >= 15 is 0 Å². The molecule has 0 atom stereocenters. The zero-order valence-corrected chi connectivity index (χ0v) is 13.1. The van der Waals surface area contributed by atoms with Gasteiger partial charge in [0, 0.05) is 4.99 Å². The van der Waals surface area contributed by atoms with Gasteiger partial charge in [-0.3, -0.25) is 4.57 Å². The van der Waals surface area contributed by atoms with E-state index in [-0.39, 0.29) is 0 Å². The molecule has 0 amide bonds. The molecule has 0 aliphatic heterocycles. The molecule has 0 aliphatic carbocycles. The van der Waals surface area contributed by atoms with Gasteiger partial charge in [-0.05, 0) is 42.7 Å². The van der Waals surface area contributed by atoms with E-state index in [1.807, 2.05) is 29.5 Å². The van der Waals surface area contributed by atoms with E-state index in [0.717, 1.165) is 22.3 Å². The van der Waals surface area contributed by atoms with E-state index in [2.05, 4.69) is 63.6 Å². The summed E-state index contributed by atoms with van der Waals surface area (Å²) in [5.74, 6) is 0. The molecule has 0 saturated carbocycles. The lowest BCUT2D eigenvalue weighted by Gasteiger charge is -2.10. The molecule has 3 heteroatoms. The van der Waals surface area contributed by atoms with Crippen LogP contribution in [0.15, 0.2) is 53.8 Å². The summed E-state index contributed by atoms with van der Waals surface area (Å²) in [5.41, 5.74) is 6.94. The molecule has 0 aliphatic rings. The van der Waals surface area contributed by atoms with E-state index in [1.165, 1.54) is 11.1 Å². The summed E-state index contributed by atoms with van der Waals surface area (Å²) in [6, 6.07) is 14.6. The molecule has 20 heavy (non-hydrogen) atoms. The summed E-state index contributed by atoms with van der Waals surface area (Å²) in [7, 11) is 0. The van der Waals surface area contributed by atoms with Gasteiger partial charge in [-0.25, -0.2) is 4.98 Å². The molecule has 100 valence electrons. The average molecular weight is 327 g/mol. The fourth-order valence-electron chi connectivity index (χ4n) is 2.32. The number of nitrogens with zero attached hydrogens (tertiary/aromatic N) is 2. The number of hydrogen-bond acceptors (Lipinski definition) is 1. The molecule has 3 rings (SSSR count). The quantitative estimate of drug-likeness (QED) is 0.655. The van der Waals surface area contributed by atoms with E-state index < -0.39 is 0 Å². The molecule has 0 saturated heterocycles. The molecule has 3 aromatic rings. The molecular formula is C17H15BrN2. The van der Waals surface area contributed by atoms with Crippen molar-refractivity contribution in [1.29, 1.82) is 0 Å². The summed E-state index contributed by atoms with van der Waals surface area (Å²) >= 11 is 3.48. The van der Waals surface area contributed by atoms with E-state index in [9.17, 15) is 0 Å². The summed E-state index contributed by atoms with van der Waals surface area (Å²) in [5, 5.41) is 0. The second-order valence-corrected chi connectivity index (χ2v) is 5.36. The summed E-state index contributed by atoms with van der Waals surface area (Å²) in [6.45, 7) is 4.25. The van der Waals surface area contributed by atoms with E-state index in [0.29, 0.717) is 0 Å². The van der Waals surface area contributed by atoms with Gasteiger partial charge >= 0.3 is 0 Å². The van der Waals surface area contributed by atoms with Crippen LogP contribution in [0.25, 0.3) is 16.7 Å². The van der Waals surface area contributed by atoms with Gasteiger partial charge in [0.1, 0.15) is 6.33 Å². The molecule has 1 aromatic heterocycles. The van der Waals surface area contributed by atoms with Crippen LogP contribution in [0.1, 0.15) is 16.7 Å². The third-order valence-corrected chi connectivity index (χ3v) is 4.03. The molecular weight excluding hydrogens is 312 g/mol. The summed E-state index contributed by atoms with van der Waals surface area (Å²) in [6.07, 6.45) is 1.88. The predicted octanol–water partition coefficient (Wildman–Crippen LogP) is 4.89. The first-order valence-corrected chi connectivity index (χ1v) is 7.43. The number of rotatable bonds is 2. The van der Waals surface area contributed by atoms with Crippen LogP contribution in [0, 0.1) is 13.8 Å². The monoisotopic (exact) mass is 326 g/mol. The molecule has 0 unspecified atom stereocenters. The van der Waals surface area contributed by atoms with Gasteiger partial charge in [0.2, 0.25) is 0 Å². The number of imidazole rings is 1. The van der Waals surface area contributed by atoms with Crippen molar-refractivity contribution >= 4 is 32.7 Å². The van der Waals surface area contributed by atoms with Crippen molar-refractivity contribution in [2.75, 3.05) is 0 Å². The Kier molecular flexibility index (Phi) is 3.45. The molecule has 0 N–H and O–H groups in total. The fraction of sp³-hybridized carbons (Fsp3) is 0.118. The lowest BCUT2D eigenvalue weighted by Crippen LogP contribution is -1.97. The smallest absolute Gasteiger partial charge is 0.100 e. The van der Waals surface area contributed by atoms with Crippen LogP contribution >= 0.6 is 15.9 Å². The zero-order valence-electron chi connectivity index (χ0n) is 11.5. The molecule has 1 heterocycles. The van der Waals surface area contributed by atoms with Crippen LogP contribution in [0.2, 0.25) is 0 Å². The Hall–Kier alpha value is -1.87. The minimum Gasteiger partial charge on any atom is -0.298 e. The highest BCUT2D eigenvalue weighted by Crippen LogP contribution is 2.25. The first-order chi connectivity index (χ1) is 9.70. The SMILES string of the molecule is Cc1cc2ncn(/C(=C\Br)c3ccccc3)c2cc1C. The average Bonchev–Trinajstić information content (AvgIpc) is 2.85. The highest BCUT2D eigenvalue weighted by molar-refractivity contribution is 9.11. The Morgan fingerprint density at radius 3 is 2.50 bits per heavy atom. The highest BCUT2D eigenvalue weighted by atomic mass is 79.9. The van der Waals surface area contributed by atoms with Crippen molar-refractivity contribution < 1.29 is 0 Å². The van der Waals surface area contributed by atoms with Crippen LogP contribution < -0.4 is 0 Å². The van der Waals surface area contributed by atoms with Gasteiger partial charge in [0.05, 0.1) is 16.7 Å². The van der Waals surface area contributed by atoms with Gasteiger partial charge in [0.25, 0.3) is 0 Å². The lowest BCUT2D eigenvalue weighted by molar-refractivity contribution is 1.12. The van der Waals surface area contributed by atoms with Crippen LogP contribution in [-0.2, 0) is 0 Å². The molecule has 0 spiro atoms. The fourth-order valence-corrected chi connectivity index (χ4v) is 2.80. The molecule has 0 bridgehead atoms. The first kappa shape index (κ1) is 13.1. The molecule has 0 radical (unpaired) electrons. The van der Waals surface area contributed by atoms with E-state index in [4.69, 9.17) is 0 Å². The standard InChI is InChI=1S/C17H15BrN2/c1-12-8-15-16(9-13(12)2)20(11-19-15)17(10-18)14-6-4-3-5-7-14/h3-11H,1-2H3/b17-10-. The lowest BCUT2D eigenvalue weighted by atomic mass is 10.1. The van der Waals surface area contributed by atoms with Gasteiger partial charge in [-0.1, -0.05) is 46.3 Å². The van der Waals surface area contributed by atoms with Crippen molar-refractivity contribution in [3.05, 3.63) is 70.5 Å². The minimum absolute atomic E-state index is 1.02. The van der Waals surface area contributed by atoms with Crippen LogP contribution in [0.5, 0.6) is 0 Å². The maximum absolute atomic E-state index is 4.52. The van der Waals surface area contributed by atoms with Crippen molar-refractivity contribution in [3.8, 4) is 0 Å². The third-order valence-electron chi connectivity index (χ3n) is 3.60. The second kappa shape index (κ2) is 5.25. The number of aryl methyl sites for hydroxylation is 2.